The van der Waals surface area contributed by atoms with E-state index in [1.807, 2.05) is 43.3 Å². The summed E-state index contributed by atoms with van der Waals surface area (Å²) < 4.78 is 0. The van der Waals surface area contributed by atoms with E-state index in [-0.39, 0.29) is 24.5 Å². The summed E-state index contributed by atoms with van der Waals surface area (Å²) in [4.78, 5) is 45.9. The third-order valence-corrected chi connectivity index (χ3v) is 6.00. The number of benzene rings is 2. The van der Waals surface area contributed by atoms with E-state index in [1.54, 1.807) is 31.5 Å². The molecular formula is C27H34N6O4. The van der Waals surface area contributed by atoms with Gasteiger partial charge < -0.3 is 31.8 Å². The van der Waals surface area contributed by atoms with Crippen molar-refractivity contribution in [1.82, 2.24) is 25.9 Å². The fourth-order valence-corrected chi connectivity index (χ4v) is 4.01. The zero-order valence-corrected chi connectivity index (χ0v) is 21.0. The van der Waals surface area contributed by atoms with Crippen LogP contribution in [-0.4, -0.2) is 57.5 Å². The predicted molar refractivity (Wildman–Crippen MR) is 140 cm³/mol. The Hall–Kier alpha value is -4.18. The Morgan fingerprint density at radius 2 is 1.62 bits per heavy atom. The molecule has 1 aromatic heterocycles. The van der Waals surface area contributed by atoms with E-state index >= 15 is 0 Å². The molecule has 0 aliphatic rings. The fourth-order valence-electron chi connectivity index (χ4n) is 4.01. The number of aromatic amines is 1. The average Bonchev–Trinajstić information content (AvgIpc) is 3.39. The molecule has 196 valence electrons. The third kappa shape index (κ3) is 8.18. The van der Waals surface area contributed by atoms with Crippen molar-refractivity contribution >= 4 is 17.7 Å². The van der Waals surface area contributed by atoms with Crippen molar-refractivity contribution in [2.45, 2.75) is 51.2 Å². The topological polar surface area (TPSA) is 162 Å². The second-order valence-corrected chi connectivity index (χ2v) is 8.89. The molecule has 1 heterocycles. The molecule has 3 atom stereocenters. The number of aromatic hydroxyl groups is 1. The van der Waals surface area contributed by atoms with Gasteiger partial charge in [0.1, 0.15) is 23.7 Å². The number of aryl methyl sites for hydroxylation is 1. The number of aromatic nitrogens is 2. The Morgan fingerprint density at radius 1 is 0.946 bits per heavy atom. The summed E-state index contributed by atoms with van der Waals surface area (Å²) in [7, 11) is 0. The van der Waals surface area contributed by atoms with Crippen molar-refractivity contribution in [1.29, 1.82) is 0 Å². The molecule has 3 rings (SSSR count). The molecule has 0 fully saturated rings. The molecule has 10 nitrogen and oxygen atoms in total. The maximum absolute atomic E-state index is 13.3. The van der Waals surface area contributed by atoms with Crippen LogP contribution in [0.4, 0.5) is 0 Å². The number of nitrogens with zero attached hydrogens (tertiary/aromatic N) is 1. The molecule has 2 aromatic carbocycles. The van der Waals surface area contributed by atoms with Gasteiger partial charge in [-0.1, -0.05) is 49.4 Å². The maximum atomic E-state index is 13.3. The summed E-state index contributed by atoms with van der Waals surface area (Å²) in [5.41, 5.74) is 7.99. The van der Waals surface area contributed by atoms with Crippen LogP contribution in [0.1, 0.15) is 29.4 Å². The van der Waals surface area contributed by atoms with Crippen molar-refractivity contribution in [2.24, 2.45) is 5.73 Å². The lowest BCUT2D eigenvalue weighted by Crippen LogP contribution is -2.57. The van der Waals surface area contributed by atoms with Crippen LogP contribution in [0.2, 0.25) is 0 Å². The molecule has 3 aromatic rings. The highest BCUT2D eigenvalue weighted by molar-refractivity contribution is 5.93. The number of nitrogens with one attached hydrogen (secondary N) is 4. The summed E-state index contributed by atoms with van der Waals surface area (Å²) in [6.45, 7) is 4.21. The Balaban J connectivity index is 1.76. The lowest BCUT2D eigenvalue weighted by molar-refractivity contribution is -0.132. The van der Waals surface area contributed by atoms with Gasteiger partial charge in [0.25, 0.3) is 0 Å². The van der Waals surface area contributed by atoms with E-state index in [2.05, 4.69) is 25.9 Å². The van der Waals surface area contributed by atoms with Crippen LogP contribution in [0.3, 0.4) is 0 Å². The first-order chi connectivity index (χ1) is 17.8. The Kier molecular flexibility index (Phi) is 9.79. The minimum Gasteiger partial charge on any atom is -0.508 e. The molecule has 0 bridgehead atoms. The van der Waals surface area contributed by atoms with Crippen LogP contribution in [-0.2, 0) is 33.6 Å². The highest BCUT2D eigenvalue weighted by atomic mass is 16.3. The average molecular weight is 507 g/mol. The largest absolute Gasteiger partial charge is 0.508 e. The van der Waals surface area contributed by atoms with Crippen molar-refractivity contribution in [3.05, 3.63) is 83.4 Å². The molecule has 3 unspecified atom stereocenters. The monoisotopic (exact) mass is 506 g/mol. The number of nitrogens with two attached hydrogens (primary N) is 1. The van der Waals surface area contributed by atoms with E-state index in [0.717, 1.165) is 11.1 Å². The smallest absolute Gasteiger partial charge is 0.243 e. The number of imidazole rings is 1. The number of amides is 3. The molecule has 0 aliphatic carbocycles. The first-order valence-electron chi connectivity index (χ1n) is 12.2. The third-order valence-electron chi connectivity index (χ3n) is 6.00. The number of carbonyl (C=O) groups is 3. The normalized spacial score (nSPS) is 13.4. The van der Waals surface area contributed by atoms with Crippen molar-refractivity contribution in [3.63, 3.8) is 0 Å². The fraction of sp³-hybridized carbons (Fsp3) is 0.333. The van der Waals surface area contributed by atoms with Crippen LogP contribution in [0, 0.1) is 6.92 Å². The van der Waals surface area contributed by atoms with Crippen molar-refractivity contribution < 1.29 is 19.5 Å². The Labute approximate surface area is 216 Å². The first-order valence-corrected chi connectivity index (χ1v) is 12.2. The van der Waals surface area contributed by atoms with Gasteiger partial charge in [-0.2, -0.15) is 0 Å². The van der Waals surface area contributed by atoms with Crippen molar-refractivity contribution in [3.8, 4) is 5.75 Å². The molecule has 10 heteroatoms. The molecule has 3 amide bonds. The molecule has 0 aliphatic heterocycles. The standard InChI is InChI=1S/C27H34N6O4/c1-3-29-21(15-19-9-10-23(34)17(2)13-19)26(36)33-22(16-24-30-11-12-31-24)27(37)32-20(25(28)35)14-18-7-5-4-6-8-18/h4-13,20-22,29,34H,3,14-16H2,1-2H3,(H2,28,35)(H,30,31)(H,32,37)(H,33,36). The van der Waals surface area contributed by atoms with Gasteiger partial charge in [-0.3, -0.25) is 14.4 Å². The number of phenols is 1. The number of carbonyl (C=O) groups excluding carboxylic acids is 3. The number of likely N-dealkylation sites (N-methyl/N-ethyl adjacent to an activating group) is 1. The summed E-state index contributed by atoms with van der Waals surface area (Å²) >= 11 is 0. The SMILES string of the molecule is CCNC(Cc1ccc(O)c(C)c1)C(=O)NC(Cc1ncc[nH]1)C(=O)NC(Cc1ccccc1)C(N)=O. The zero-order chi connectivity index (χ0) is 26.8. The molecule has 0 saturated carbocycles. The van der Waals surface area contributed by atoms with E-state index in [4.69, 9.17) is 5.73 Å². The summed E-state index contributed by atoms with van der Waals surface area (Å²) in [6.07, 6.45) is 3.86. The highest BCUT2D eigenvalue weighted by Gasteiger charge is 2.29. The van der Waals surface area contributed by atoms with Gasteiger partial charge in [-0.15, -0.1) is 0 Å². The van der Waals surface area contributed by atoms with E-state index in [1.165, 1.54) is 0 Å². The molecular weight excluding hydrogens is 472 g/mol. The van der Waals surface area contributed by atoms with Gasteiger partial charge in [0, 0.05) is 25.2 Å². The second-order valence-electron chi connectivity index (χ2n) is 8.89. The number of hydrogen-bond acceptors (Lipinski definition) is 6. The predicted octanol–water partition coefficient (Wildman–Crippen LogP) is 0.885. The minimum atomic E-state index is -1.00. The van der Waals surface area contributed by atoms with Crippen LogP contribution in [0.15, 0.2) is 60.9 Å². The minimum absolute atomic E-state index is 0.0958. The zero-order valence-electron chi connectivity index (χ0n) is 21.0. The number of hydrogen-bond donors (Lipinski definition) is 6. The first kappa shape index (κ1) is 27.4. The van der Waals surface area contributed by atoms with Gasteiger partial charge >= 0.3 is 0 Å². The highest BCUT2D eigenvalue weighted by Crippen LogP contribution is 2.18. The van der Waals surface area contributed by atoms with Crippen molar-refractivity contribution in [2.75, 3.05) is 6.54 Å². The number of H-pyrrole nitrogens is 1. The van der Waals surface area contributed by atoms with Gasteiger partial charge in [0.05, 0.1) is 6.04 Å². The van der Waals surface area contributed by atoms with Gasteiger partial charge in [0.15, 0.2) is 0 Å². The second kappa shape index (κ2) is 13.2. The summed E-state index contributed by atoms with van der Waals surface area (Å²) in [6, 6.07) is 11.8. The molecule has 0 saturated heterocycles. The summed E-state index contributed by atoms with van der Waals surface area (Å²) in [5.74, 6) is -0.900. The quantitative estimate of drug-likeness (QED) is 0.202. The maximum Gasteiger partial charge on any atom is 0.243 e. The van der Waals surface area contributed by atoms with Crippen LogP contribution >= 0.6 is 0 Å². The lowest BCUT2D eigenvalue weighted by Gasteiger charge is -2.24. The van der Waals surface area contributed by atoms with Crippen LogP contribution in [0.25, 0.3) is 0 Å². The van der Waals surface area contributed by atoms with Gasteiger partial charge in [0.2, 0.25) is 17.7 Å². The molecule has 7 N–H and O–H groups in total. The van der Waals surface area contributed by atoms with E-state index in [9.17, 15) is 19.5 Å². The molecule has 0 radical (unpaired) electrons. The molecule has 0 spiro atoms. The number of primary amides is 1. The van der Waals surface area contributed by atoms with Gasteiger partial charge in [-0.25, -0.2) is 4.98 Å². The van der Waals surface area contributed by atoms with Crippen LogP contribution in [0.5, 0.6) is 5.75 Å². The lowest BCUT2D eigenvalue weighted by atomic mass is 10.0. The van der Waals surface area contributed by atoms with E-state index < -0.39 is 29.9 Å². The Morgan fingerprint density at radius 3 is 2.24 bits per heavy atom. The van der Waals surface area contributed by atoms with Crippen LogP contribution < -0.4 is 21.7 Å². The summed E-state index contributed by atoms with van der Waals surface area (Å²) in [5, 5.41) is 18.5. The van der Waals surface area contributed by atoms with Gasteiger partial charge in [-0.05, 0) is 42.6 Å². The molecule has 37 heavy (non-hydrogen) atoms. The van der Waals surface area contributed by atoms with E-state index in [0.29, 0.717) is 24.4 Å². The number of phenolic OH excluding ortho intramolecular Hbond substituents is 1. The number of rotatable bonds is 13. The Bertz CT molecular complexity index is 1180.